The number of hydrogen-bond donors (Lipinski definition) is 1. The van der Waals surface area contributed by atoms with Crippen LogP contribution in [0.2, 0.25) is 0 Å². The van der Waals surface area contributed by atoms with Crippen molar-refractivity contribution >= 4 is 46.5 Å². The second-order valence-corrected chi connectivity index (χ2v) is 13.1. The predicted octanol–water partition coefficient (Wildman–Crippen LogP) is 6.11. The summed E-state index contributed by atoms with van der Waals surface area (Å²) in [7, 11) is 1.50. The number of thioether (sulfide) groups is 1. The third-order valence-corrected chi connectivity index (χ3v) is 9.91. The maximum atomic E-state index is 13.4. The predicted molar refractivity (Wildman–Crippen MR) is 156 cm³/mol. The molecular formula is C32H34N2O6S. The first-order valence-corrected chi connectivity index (χ1v) is 15.0. The molecular weight excluding hydrogens is 540 g/mol. The van der Waals surface area contributed by atoms with Gasteiger partial charge in [0.25, 0.3) is 11.1 Å². The Kier molecular flexibility index (Phi) is 7.18. The molecule has 0 atom stereocenters. The number of carbonyl (C=O) groups excluding carboxylic acids is 4. The van der Waals surface area contributed by atoms with Gasteiger partial charge in [-0.15, -0.1) is 0 Å². The Morgan fingerprint density at radius 1 is 1.00 bits per heavy atom. The van der Waals surface area contributed by atoms with Crippen molar-refractivity contribution in [3.05, 3.63) is 58.0 Å². The first-order valence-electron chi connectivity index (χ1n) is 14.2. The van der Waals surface area contributed by atoms with E-state index in [1.165, 1.54) is 26.4 Å². The Labute approximate surface area is 243 Å². The van der Waals surface area contributed by atoms with E-state index in [9.17, 15) is 19.2 Å². The number of imide groups is 1. The standard InChI is InChI=1S/C32H34N2O6S/c1-18-4-5-19(2)24(8-18)33-28(35)17-34-29(36)27(41-31(34)38)13-20-6-7-25(26(12-20)39-3)40-30(37)32-14-21-9-22(15-32)11-23(10-21)16-32/h4-8,12-13,21-23H,9-11,14-17H2,1-3H3,(H,33,35)/b27-13-. The van der Waals surface area contributed by atoms with Crippen LogP contribution >= 0.6 is 11.8 Å². The van der Waals surface area contributed by atoms with Gasteiger partial charge in [0.05, 0.1) is 17.4 Å². The maximum Gasteiger partial charge on any atom is 0.317 e. The number of nitrogens with zero attached hydrogens (tertiary/aromatic N) is 1. The average Bonchev–Trinajstić information content (AvgIpc) is 3.17. The van der Waals surface area contributed by atoms with Crippen molar-refractivity contribution in [1.29, 1.82) is 0 Å². The normalized spacial score (nSPS) is 27.4. The Bertz CT molecular complexity index is 1450. The van der Waals surface area contributed by atoms with Gasteiger partial charge in [-0.1, -0.05) is 18.2 Å². The second-order valence-electron chi connectivity index (χ2n) is 12.1. The van der Waals surface area contributed by atoms with Gasteiger partial charge in [-0.3, -0.25) is 24.1 Å². The molecule has 0 unspecified atom stereocenters. The van der Waals surface area contributed by atoms with E-state index in [2.05, 4.69) is 5.32 Å². The molecule has 1 saturated heterocycles. The molecule has 2 aromatic carbocycles. The molecule has 0 radical (unpaired) electrons. The summed E-state index contributed by atoms with van der Waals surface area (Å²) >= 11 is 0.783. The summed E-state index contributed by atoms with van der Waals surface area (Å²) in [5.74, 6) is 1.47. The summed E-state index contributed by atoms with van der Waals surface area (Å²) in [6.45, 7) is 3.42. The van der Waals surface area contributed by atoms with Gasteiger partial charge < -0.3 is 14.8 Å². The smallest absolute Gasteiger partial charge is 0.317 e. The highest BCUT2D eigenvalue weighted by molar-refractivity contribution is 8.18. The van der Waals surface area contributed by atoms with Crippen LogP contribution in [0.5, 0.6) is 11.5 Å². The largest absolute Gasteiger partial charge is 0.493 e. The van der Waals surface area contributed by atoms with E-state index in [4.69, 9.17) is 9.47 Å². The molecule has 3 amide bonds. The molecule has 1 aliphatic heterocycles. The molecule has 0 spiro atoms. The van der Waals surface area contributed by atoms with Crippen LogP contribution in [0, 0.1) is 37.0 Å². The van der Waals surface area contributed by atoms with Crippen LogP contribution in [0.3, 0.4) is 0 Å². The molecule has 8 nitrogen and oxygen atoms in total. The fourth-order valence-electron chi connectivity index (χ4n) is 7.42. The summed E-state index contributed by atoms with van der Waals surface area (Å²) in [6, 6.07) is 10.8. The van der Waals surface area contributed by atoms with Crippen molar-refractivity contribution in [1.82, 2.24) is 4.90 Å². The van der Waals surface area contributed by atoms with Crippen LogP contribution in [-0.2, 0) is 14.4 Å². The van der Waals surface area contributed by atoms with E-state index in [0.29, 0.717) is 40.5 Å². The molecule has 7 rings (SSSR count). The number of nitrogens with one attached hydrogen (secondary N) is 1. The lowest BCUT2D eigenvalue weighted by Crippen LogP contribution is -2.51. The monoisotopic (exact) mass is 574 g/mol. The third kappa shape index (κ3) is 5.39. The lowest BCUT2D eigenvalue weighted by Gasteiger charge is -2.55. The number of ether oxygens (including phenoxy) is 2. The lowest BCUT2D eigenvalue weighted by molar-refractivity contribution is -0.161. The van der Waals surface area contributed by atoms with Crippen molar-refractivity contribution < 1.29 is 28.7 Å². The van der Waals surface area contributed by atoms with E-state index in [0.717, 1.165) is 47.1 Å². The van der Waals surface area contributed by atoms with Crippen LogP contribution in [0.25, 0.3) is 6.08 Å². The van der Waals surface area contributed by atoms with Crippen LogP contribution < -0.4 is 14.8 Å². The molecule has 5 aliphatic rings. The van der Waals surface area contributed by atoms with Gasteiger partial charge in [0.2, 0.25) is 5.91 Å². The summed E-state index contributed by atoms with van der Waals surface area (Å²) < 4.78 is 11.5. The minimum Gasteiger partial charge on any atom is -0.493 e. The zero-order chi connectivity index (χ0) is 28.9. The molecule has 1 heterocycles. The van der Waals surface area contributed by atoms with Crippen LogP contribution in [0.1, 0.15) is 55.2 Å². The highest BCUT2D eigenvalue weighted by atomic mass is 32.2. The fraction of sp³-hybridized carbons (Fsp3) is 0.438. The van der Waals surface area contributed by atoms with Gasteiger partial charge in [-0.25, -0.2) is 0 Å². The van der Waals surface area contributed by atoms with E-state index in [1.807, 2.05) is 32.0 Å². The lowest BCUT2D eigenvalue weighted by atomic mass is 9.49. The molecule has 214 valence electrons. The van der Waals surface area contributed by atoms with Gasteiger partial charge in [-0.05, 0) is 123 Å². The van der Waals surface area contributed by atoms with Gasteiger partial charge >= 0.3 is 5.97 Å². The van der Waals surface area contributed by atoms with E-state index in [1.54, 1.807) is 24.3 Å². The molecule has 9 heteroatoms. The topological polar surface area (TPSA) is 102 Å². The number of esters is 1. The minimum absolute atomic E-state index is 0.164. The fourth-order valence-corrected chi connectivity index (χ4v) is 8.26. The number of anilines is 1. The molecule has 0 aromatic heterocycles. The summed E-state index contributed by atoms with van der Waals surface area (Å²) in [5, 5.41) is 2.28. The number of hydrogen-bond acceptors (Lipinski definition) is 7. The van der Waals surface area contributed by atoms with Gasteiger partial charge in [0, 0.05) is 5.69 Å². The van der Waals surface area contributed by atoms with Crippen molar-refractivity contribution in [2.24, 2.45) is 23.2 Å². The Morgan fingerprint density at radius 2 is 1.68 bits per heavy atom. The van der Waals surface area contributed by atoms with Gasteiger partial charge in [-0.2, -0.15) is 0 Å². The zero-order valence-electron chi connectivity index (χ0n) is 23.5. The first kappa shape index (κ1) is 27.6. The van der Waals surface area contributed by atoms with E-state index in [-0.39, 0.29) is 22.8 Å². The van der Waals surface area contributed by atoms with Crippen molar-refractivity contribution in [3.63, 3.8) is 0 Å². The highest BCUT2D eigenvalue weighted by Crippen LogP contribution is 2.60. The minimum atomic E-state index is -0.535. The highest BCUT2D eigenvalue weighted by Gasteiger charge is 2.55. The quantitative estimate of drug-likeness (QED) is 0.242. The molecule has 4 bridgehead atoms. The first-order chi connectivity index (χ1) is 19.6. The van der Waals surface area contributed by atoms with Crippen LogP contribution in [0.4, 0.5) is 10.5 Å². The molecule has 1 N–H and O–H groups in total. The van der Waals surface area contributed by atoms with Crippen LogP contribution in [-0.4, -0.2) is 41.6 Å². The maximum absolute atomic E-state index is 13.4. The Balaban J connectivity index is 1.13. The number of rotatable bonds is 7. The van der Waals surface area contributed by atoms with Crippen LogP contribution in [0.15, 0.2) is 41.3 Å². The molecule has 41 heavy (non-hydrogen) atoms. The molecule has 2 aromatic rings. The number of carbonyl (C=O) groups is 4. The Morgan fingerprint density at radius 3 is 2.34 bits per heavy atom. The van der Waals surface area contributed by atoms with Crippen molar-refractivity contribution in [3.8, 4) is 11.5 Å². The zero-order valence-corrected chi connectivity index (χ0v) is 24.3. The average molecular weight is 575 g/mol. The summed E-state index contributed by atoms with van der Waals surface area (Å²) in [6.07, 6.45) is 8.05. The number of benzene rings is 2. The van der Waals surface area contributed by atoms with Crippen molar-refractivity contribution in [2.75, 3.05) is 19.0 Å². The number of aryl methyl sites for hydroxylation is 2. The SMILES string of the molecule is COc1cc(/C=C2\SC(=O)N(CC(=O)Nc3cc(C)ccc3C)C2=O)ccc1OC(=O)C12CC3CC(CC(C3)C1)C2. The summed E-state index contributed by atoms with van der Waals surface area (Å²) in [4.78, 5) is 52.9. The molecule has 4 aliphatic carbocycles. The molecule has 4 saturated carbocycles. The second kappa shape index (κ2) is 10.7. The van der Waals surface area contributed by atoms with Crippen molar-refractivity contribution in [2.45, 2.75) is 52.4 Å². The molecule has 5 fully saturated rings. The summed E-state index contributed by atoms with van der Waals surface area (Å²) in [5.41, 5.74) is 2.75. The Hall–Kier alpha value is -3.59. The van der Waals surface area contributed by atoms with E-state index >= 15 is 0 Å². The van der Waals surface area contributed by atoms with Gasteiger partial charge in [0.15, 0.2) is 11.5 Å². The third-order valence-electron chi connectivity index (χ3n) is 9.00. The number of methoxy groups -OCH3 is 1. The van der Waals surface area contributed by atoms with Gasteiger partial charge in [0.1, 0.15) is 6.54 Å². The number of amides is 3. The van der Waals surface area contributed by atoms with E-state index < -0.39 is 17.1 Å².